The number of hydrogen-bond donors (Lipinski definition) is 0. The second-order valence-corrected chi connectivity index (χ2v) is 52.5. The first-order chi connectivity index (χ1) is 11.4. The molecular weight excluding hydrogens is 626 g/mol. The van der Waals surface area contributed by atoms with E-state index >= 15 is 0 Å². The zero-order valence-corrected chi connectivity index (χ0v) is 27.0. The Morgan fingerprint density at radius 2 is 0.808 bits per heavy atom. The van der Waals surface area contributed by atoms with Crippen LogP contribution in [0.5, 0.6) is 0 Å². The van der Waals surface area contributed by atoms with E-state index < -0.39 is 12.1 Å². The van der Waals surface area contributed by atoms with Gasteiger partial charge in [-0.2, -0.15) is 0 Å². The van der Waals surface area contributed by atoms with E-state index in [0.717, 1.165) is 22.6 Å². The summed E-state index contributed by atoms with van der Waals surface area (Å²) in [5, 5.41) is 0. The molecule has 154 valence electrons. The summed E-state index contributed by atoms with van der Waals surface area (Å²) in [7, 11) is 0. The summed E-state index contributed by atoms with van der Waals surface area (Å²) in [6, 6.07) is -3.26. The van der Waals surface area contributed by atoms with E-state index in [9.17, 15) is 0 Å². The maximum absolute atomic E-state index is 5.69. The summed E-state index contributed by atoms with van der Waals surface area (Å²) >= 11 is 2.92. The van der Waals surface area contributed by atoms with Crippen LogP contribution in [-0.2, 0) is 0 Å². The predicted octanol–water partition coefficient (Wildman–Crippen LogP) is 5.27. The summed E-state index contributed by atoms with van der Waals surface area (Å²) in [5.74, 6) is 0. The molecule has 0 aromatic rings. The molecule has 0 aromatic carbocycles. The van der Waals surface area contributed by atoms with E-state index in [4.69, 9.17) is 9.49 Å². The van der Waals surface area contributed by atoms with Crippen LogP contribution in [0.1, 0.15) is 83.1 Å². The van der Waals surface area contributed by atoms with Crippen LogP contribution in [0.3, 0.4) is 0 Å². The normalized spacial score (nSPS) is 32.0. The van der Waals surface area contributed by atoms with Gasteiger partial charge in [-0.3, -0.25) is 0 Å². The van der Waals surface area contributed by atoms with Crippen LogP contribution in [0.4, 0.5) is 0 Å². The molecule has 4 nitrogen and oxygen atoms in total. The van der Waals surface area contributed by atoms with E-state index in [1.165, 1.54) is 0 Å². The van der Waals surface area contributed by atoms with E-state index in [1.54, 1.807) is 0 Å². The fourth-order valence-electron chi connectivity index (χ4n) is 3.21. The fraction of sp³-hybridized carbons (Fsp3) is 1.00. The van der Waals surface area contributed by atoms with Crippen molar-refractivity contribution in [2.75, 3.05) is 0 Å². The molecule has 2 bridgehead atoms. The van der Waals surface area contributed by atoms with Gasteiger partial charge in [0.25, 0.3) is 0 Å². The van der Waals surface area contributed by atoms with Gasteiger partial charge >= 0.3 is 184 Å². The molecule has 0 spiro atoms. The van der Waals surface area contributed by atoms with Crippen LogP contribution < -0.4 is 0 Å². The molecule has 0 radical (unpaired) electrons. The Balaban J connectivity index is 2.94. The van der Waals surface area contributed by atoms with Crippen LogP contribution in [-0.4, -0.2) is 79.0 Å². The first-order valence-corrected chi connectivity index (χ1v) is 29.7. The quantitative estimate of drug-likeness (QED) is 0.262. The Morgan fingerprint density at radius 1 is 0.538 bits per heavy atom. The van der Waals surface area contributed by atoms with Gasteiger partial charge in [-0.15, -0.1) is 0 Å². The van der Waals surface area contributed by atoms with Crippen LogP contribution in [0.2, 0.25) is 0 Å². The van der Waals surface area contributed by atoms with Gasteiger partial charge in [-0.1, -0.05) is 0 Å². The van der Waals surface area contributed by atoms with Gasteiger partial charge in [0.05, 0.1) is 0 Å². The molecule has 3 aliphatic heterocycles. The Labute approximate surface area is 182 Å². The number of rotatable bonds is 0. The molecule has 0 atom stereocenters. The van der Waals surface area contributed by atoms with Crippen molar-refractivity contribution in [3.8, 4) is 0 Å². The Kier molecular flexibility index (Phi) is 7.18. The molecule has 3 rings (SSSR count). The average molecular weight is 662 g/mol. The molecular formula is C16H36N4P2Se4. The SMILES string of the molecule is CC(C)(C)N=P12[Se][Se][Se][Se]P(=NC(C)(C)C)(N1C(C)(C)C)N2C(C)(C)C. The maximum atomic E-state index is 5.69. The summed E-state index contributed by atoms with van der Waals surface area (Å²) in [6.45, 7) is 28.3. The average Bonchev–Trinajstić information content (AvgIpc) is 2.47. The van der Waals surface area contributed by atoms with Crippen molar-refractivity contribution in [3.63, 3.8) is 0 Å². The molecule has 0 amide bonds. The molecule has 0 N–H and O–H groups in total. The molecule has 3 fully saturated rings. The van der Waals surface area contributed by atoms with Gasteiger partial charge in [0.15, 0.2) is 0 Å². The van der Waals surface area contributed by atoms with E-state index in [1.807, 2.05) is 0 Å². The molecule has 10 heteroatoms. The van der Waals surface area contributed by atoms with E-state index in [2.05, 4.69) is 92.0 Å². The Morgan fingerprint density at radius 3 is 1.00 bits per heavy atom. The summed E-state index contributed by atoms with van der Waals surface area (Å²) in [6.07, 6.45) is 0. The molecule has 26 heavy (non-hydrogen) atoms. The minimum atomic E-state index is -1.63. The van der Waals surface area contributed by atoms with Crippen molar-refractivity contribution in [1.29, 1.82) is 0 Å². The molecule has 3 heterocycles. The van der Waals surface area contributed by atoms with Crippen LogP contribution in [0, 0.1) is 0 Å². The standard InChI is InChI=1S/C16H36N4P2Se4/c1-13(2,3)17-21-19(15(7,8)9)22(18-14(4,5)6,24-26-25-23-21)20(21)16(10,11)12/h1-12H3. The van der Waals surface area contributed by atoms with Gasteiger partial charge in [0, 0.05) is 0 Å². The van der Waals surface area contributed by atoms with E-state index in [0.29, 0.717) is 25.4 Å². The van der Waals surface area contributed by atoms with Gasteiger partial charge < -0.3 is 0 Å². The Bertz CT molecular complexity index is 592. The number of fused-ring (bicyclic) bond motifs is 3. The molecule has 3 saturated heterocycles. The Hall–Kier alpha value is 2.46. The van der Waals surface area contributed by atoms with Crippen LogP contribution in [0.25, 0.3) is 0 Å². The monoisotopic (exact) mass is 666 g/mol. The van der Waals surface area contributed by atoms with Crippen molar-refractivity contribution >= 4 is 60.1 Å². The van der Waals surface area contributed by atoms with Gasteiger partial charge in [0.1, 0.15) is 0 Å². The molecule has 3 aliphatic rings. The van der Waals surface area contributed by atoms with Crippen LogP contribution >= 0.6 is 12.1 Å². The minimum absolute atomic E-state index is 0.0146. The zero-order valence-electron chi connectivity index (χ0n) is 18.3. The third-order valence-corrected chi connectivity index (χ3v) is 82.6. The molecule has 0 aliphatic carbocycles. The third-order valence-electron chi connectivity index (χ3n) is 3.34. The van der Waals surface area contributed by atoms with Crippen molar-refractivity contribution < 1.29 is 0 Å². The van der Waals surface area contributed by atoms with Gasteiger partial charge in [-0.05, 0) is 0 Å². The number of hydrogen-bond acceptors (Lipinski definition) is 2. The molecule has 0 saturated carbocycles. The van der Waals surface area contributed by atoms with Gasteiger partial charge in [-0.25, -0.2) is 0 Å². The zero-order chi connectivity index (χ0) is 20.4. The first-order valence-electron chi connectivity index (χ1n) is 8.96. The topological polar surface area (TPSA) is 31.2 Å². The second kappa shape index (κ2) is 7.55. The van der Waals surface area contributed by atoms with Crippen molar-refractivity contribution in [2.45, 2.75) is 105 Å². The van der Waals surface area contributed by atoms with Crippen molar-refractivity contribution in [3.05, 3.63) is 0 Å². The van der Waals surface area contributed by atoms with Crippen molar-refractivity contribution in [2.24, 2.45) is 9.49 Å². The number of nitrogens with zero attached hydrogens (tertiary/aromatic N) is 4. The first kappa shape index (κ1) is 24.7. The summed E-state index contributed by atoms with van der Waals surface area (Å²) in [4.78, 5) is 0. The van der Waals surface area contributed by atoms with E-state index in [-0.39, 0.29) is 22.2 Å². The van der Waals surface area contributed by atoms with Gasteiger partial charge in [0.2, 0.25) is 0 Å². The molecule has 0 aromatic heterocycles. The fourth-order valence-corrected chi connectivity index (χ4v) is 144. The summed E-state index contributed by atoms with van der Waals surface area (Å²) < 4.78 is 17.3. The summed E-state index contributed by atoms with van der Waals surface area (Å²) in [5.41, 5.74) is 0.321. The third kappa shape index (κ3) is 4.85. The predicted molar refractivity (Wildman–Crippen MR) is 124 cm³/mol. The molecule has 0 unspecified atom stereocenters. The van der Waals surface area contributed by atoms with Crippen LogP contribution in [0.15, 0.2) is 9.49 Å². The second-order valence-electron chi connectivity index (χ2n) is 10.8. The van der Waals surface area contributed by atoms with Crippen molar-refractivity contribution in [1.82, 2.24) is 8.88 Å².